The van der Waals surface area contributed by atoms with Crippen LogP contribution in [0.1, 0.15) is 21.5 Å². The van der Waals surface area contributed by atoms with E-state index in [0.717, 1.165) is 5.56 Å². The summed E-state index contributed by atoms with van der Waals surface area (Å²) in [6.45, 7) is 0.362. The van der Waals surface area contributed by atoms with Crippen LogP contribution in [0.25, 0.3) is 6.08 Å². The summed E-state index contributed by atoms with van der Waals surface area (Å²) in [4.78, 5) is 23.3. The van der Waals surface area contributed by atoms with E-state index in [1.54, 1.807) is 55.6 Å². The summed E-state index contributed by atoms with van der Waals surface area (Å²) in [5, 5.41) is 6.17. The Morgan fingerprint density at radius 1 is 1.08 bits per heavy atom. The fourth-order valence-electron chi connectivity index (χ4n) is 1.98. The Bertz CT molecular complexity index is 771. The first-order chi connectivity index (χ1) is 11.5. The molecule has 0 atom stereocenters. The number of rotatable bonds is 5. The first-order valence-corrected chi connectivity index (χ1v) is 7.98. The number of hydrogen-bond acceptors (Lipinski definition) is 2. The van der Waals surface area contributed by atoms with E-state index in [1.807, 2.05) is 0 Å². The molecule has 0 aliphatic rings. The second-order valence-corrected chi connectivity index (χ2v) is 5.76. The molecule has 2 N–H and O–H groups in total. The quantitative estimate of drug-likeness (QED) is 0.797. The van der Waals surface area contributed by atoms with Gasteiger partial charge in [0, 0.05) is 25.2 Å². The molecule has 0 unspecified atom stereocenters. The second kappa shape index (κ2) is 8.52. The molecule has 0 saturated heterocycles. The van der Waals surface area contributed by atoms with Crippen LogP contribution in [0.15, 0.2) is 48.5 Å². The fourth-order valence-corrected chi connectivity index (χ4v) is 2.35. The zero-order valence-electron chi connectivity index (χ0n) is 13.0. The SMILES string of the molecule is CNC(=O)c1ccc(CNC(=O)/C=C/c2cccc(Cl)c2Cl)cc1. The summed E-state index contributed by atoms with van der Waals surface area (Å²) < 4.78 is 0. The van der Waals surface area contributed by atoms with Crippen molar-refractivity contribution in [3.05, 3.63) is 75.3 Å². The lowest BCUT2D eigenvalue weighted by Gasteiger charge is -2.05. The van der Waals surface area contributed by atoms with Crippen molar-refractivity contribution < 1.29 is 9.59 Å². The smallest absolute Gasteiger partial charge is 0.251 e. The van der Waals surface area contributed by atoms with Gasteiger partial charge < -0.3 is 10.6 Å². The molecule has 0 heterocycles. The highest BCUT2D eigenvalue weighted by molar-refractivity contribution is 6.42. The minimum Gasteiger partial charge on any atom is -0.355 e. The lowest BCUT2D eigenvalue weighted by molar-refractivity contribution is -0.116. The van der Waals surface area contributed by atoms with Crippen LogP contribution >= 0.6 is 23.2 Å². The minimum absolute atomic E-state index is 0.146. The molecule has 2 aromatic rings. The lowest BCUT2D eigenvalue weighted by Crippen LogP contribution is -2.20. The molecule has 4 nitrogen and oxygen atoms in total. The molecular weight excluding hydrogens is 347 g/mol. The Balaban J connectivity index is 1.92. The predicted molar refractivity (Wildman–Crippen MR) is 97.2 cm³/mol. The number of amides is 2. The molecule has 0 saturated carbocycles. The minimum atomic E-state index is -0.249. The van der Waals surface area contributed by atoms with Gasteiger partial charge in [-0.05, 0) is 35.4 Å². The van der Waals surface area contributed by atoms with Crippen molar-refractivity contribution in [2.24, 2.45) is 0 Å². The van der Waals surface area contributed by atoms with Gasteiger partial charge >= 0.3 is 0 Å². The molecule has 0 aromatic heterocycles. The van der Waals surface area contributed by atoms with Crippen molar-refractivity contribution >= 4 is 41.1 Å². The van der Waals surface area contributed by atoms with Gasteiger partial charge in [-0.3, -0.25) is 9.59 Å². The van der Waals surface area contributed by atoms with Crippen LogP contribution in [0.2, 0.25) is 10.0 Å². The van der Waals surface area contributed by atoms with Gasteiger partial charge in [0.25, 0.3) is 5.91 Å². The van der Waals surface area contributed by atoms with Crippen molar-refractivity contribution in [3.63, 3.8) is 0 Å². The van der Waals surface area contributed by atoms with E-state index >= 15 is 0 Å². The maximum absolute atomic E-state index is 11.9. The molecule has 0 radical (unpaired) electrons. The Morgan fingerprint density at radius 3 is 2.46 bits per heavy atom. The first-order valence-electron chi connectivity index (χ1n) is 7.22. The van der Waals surface area contributed by atoms with Gasteiger partial charge in [0.1, 0.15) is 0 Å². The monoisotopic (exact) mass is 362 g/mol. The summed E-state index contributed by atoms with van der Waals surface area (Å²) >= 11 is 12.0. The third kappa shape index (κ3) is 4.85. The molecule has 0 spiro atoms. The summed E-state index contributed by atoms with van der Waals surface area (Å²) in [6.07, 6.45) is 3.01. The molecule has 6 heteroatoms. The Kier molecular flexibility index (Phi) is 6.41. The van der Waals surface area contributed by atoms with Crippen LogP contribution in [0.3, 0.4) is 0 Å². The van der Waals surface area contributed by atoms with Crippen molar-refractivity contribution in [1.29, 1.82) is 0 Å². The predicted octanol–water partition coefficient (Wildman–Crippen LogP) is 3.68. The largest absolute Gasteiger partial charge is 0.355 e. The Hall–Kier alpha value is -2.30. The average molecular weight is 363 g/mol. The molecule has 0 aliphatic carbocycles. The van der Waals surface area contributed by atoms with Gasteiger partial charge in [0.15, 0.2) is 0 Å². The maximum atomic E-state index is 11.9. The van der Waals surface area contributed by atoms with E-state index in [-0.39, 0.29) is 11.8 Å². The highest BCUT2D eigenvalue weighted by Gasteiger charge is 2.04. The summed E-state index contributed by atoms with van der Waals surface area (Å²) in [6, 6.07) is 12.2. The normalized spacial score (nSPS) is 10.6. The van der Waals surface area contributed by atoms with Crippen molar-refractivity contribution in [1.82, 2.24) is 10.6 Å². The summed E-state index contributed by atoms with van der Waals surface area (Å²) in [5.41, 5.74) is 2.14. The number of nitrogens with one attached hydrogen (secondary N) is 2. The molecule has 0 bridgehead atoms. The molecule has 0 aliphatic heterocycles. The Labute approximate surface area is 150 Å². The van der Waals surface area contributed by atoms with E-state index in [1.165, 1.54) is 6.08 Å². The van der Waals surface area contributed by atoms with E-state index in [4.69, 9.17) is 23.2 Å². The van der Waals surface area contributed by atoms with Crippen LogP contribution < -0.4 is 10.6 Å². The number of carbonyl (C=O) groups is 2. The Morgan fingerprint density at radius 2 is 1.79 bits per heavy atom. The van der Waals surface area contributed by atoms with E-state index in [9.17, 15) is 9.59 Å². The van der Waals surface area contributed by atoms with Gasteiger partial charge in [-0.1, -0.05) is 47.5 Å². The highest BCUT2D eigenvalue weighted by Crippen LogP contribution is 2.26. The molecule has 124 valence electrons. The van der Waals surface area contributed by atoms with Gasteiger partial charge in [-0.25, -0.2) is 0 Å². The number of benzene rings is 2. The van der Waals surface area contributed by atoms with E-state index in [0.29, 0.717) is 27.7 Å². The first kappa shape index (κ1) is 18.0. The zero-order valence-corrected chi connectivity index (χ0v) is 14.5. The molecule has 2 rings (SSSR count). The van der Waals surface area contributed by atoms with Gasteiger partial charge in [0.2, 0.25) is 5.91 Å². The van der Waals surface area contributed by atoms with E-state index < -0.39 is 0 Å². The summed E-state index contributed by atoms with van der Waals surface area (Å²) in [5.74, 6) is -0.395. The number of halogens is 2. The third-order valence-corrected chi connectivity index (χ3v) is 4.14. The van der Waals surface area contributed by atoms with E-state index in [2.05, 4.69) is 10.6 Å². The second-order valence-electron chi connectivity index (χ2n) is 4.97. The van der Waals surface area contributed by atoms with Crippen LogP contribution in [-0.2, 0) is 11.3 Å². The van der Waals surface area contributed by atoms with Crippen molar-refractivity contribution in [2.45, 2.75) is 6.54 Å². The molecule has 24 heavy (non-hydrogen) atoms. The zero-order chi connectivity index (χ0) is 17.5. The third-order valence-electron chi connectivity index (χ3n) is 3.31. The highest BCUT2D eigenvalue weighted by atomic mass is 35.5. The molecular formula is C18H16Cl2N2O2. The molecule has 2 amide bonds. The van der Waals surface area contributed by atoms with Crippen molar-refractivity contribution in [2.75, 3.05) is 7.05 Å². The summed E-state index contributed by atoms with van der Waals surface area (Å²) in [7, 11) is 1.58. The fraction of sp³-hybridized carbons (Fsp3) is 0.111. The topological polar surface area (TPSA) is 58.2 Å². The van der Waals surface area contributed by atoms with Gasteiger partial charge in [-0.2, -0.15) is 0 Å². The van der Waals surface area contributed by atoms with Crippen LogP contribution in [0.5, 0.6) is 0 Å². The van der Waals surface area contributed by atoms with Crippen LogP contribution in [0, 0.1) is 0 Å². The molecule has 0 fully saturated rings. The number of carbonyl (C=O) groups excluding carboxylic acids is 2. The standard InChI is InChI=1S/C18H16Cl2N2O2/c1-21-18(24)14-7-5-12(6-8-14)11-22-16(23)10-9-13-3-2-4-15(19)17(13)20/h2-10H,11H2,1H3,(H,21,24)(H,22,23)/b10-9+. The number of hydrogen-bond donors (Lipinski definition) is 2. The van der Waals surface area contributed by atoms with Gasteiger partial charge in [-0.15, -0.1) is 0 Å². The van der Waals surface area contributed by atoms with Gasteiger partial charge in [0.05, 0.1) is 10.0 Å². The average Bonchev–Trinajstić information content (AvgIpc) is 2.61. The lowest BCUT2D eigenvalue weighted by atomic mass is 10.1. The molecule has 2 aromatic carbocycles. The van der Waals surface area contributed by atoms with Crippen LogP contribution in [-0.4, -0.2) is 18.9 Å². The van der Waals surface area contributed by atoms with Crippen LogP contribution in [0.4, 0.5) is 0 Å². The maximum Gasteiger partial charge on any atom is 0.251 e. The van der Waals surface area contributed by atoms with Crippen molar-refractivity contribution in [3.8, 4) is 0 Å².